The van der Waals surface area contributed by atoms with Crippen molar-refractivity contribution >= 4 is 5.91 Å². The molecule has 1 aromatic rings. The normalized spacial score (nSPS) is 26.5. The Morgan fingerprint density at radius 2 is 2.00 bits per heavy atom. The average molecular weight is 397 g/mol. The maximum atomic E-state index is 12.9. The second kappa shape index (κ2) is 8.41. The van der Waals surface area contributed by atoms with Crippen molar-refractivity contribution in [1.29, 1.82) is 0 Å². The summed E-state index contributed by atoms with van der Waals surface area (Å²) < 4.78 is 38.8. The van der Waals surface area contributed by atoms with Crippen LogP contribution in [0.4, 0.5) is 13.2 Å². The summed E-state index contributed by atoms with van der Waals surface area (Å²) in [6, 6.07) is 5.53. The van der Waals surface area contributed by atoms with Crippen LogP contribution in [-0.4, -0.2) is 43.0 Å². The Hall–Kier alpha value is -1.60. The second-order valence-electron chi connectivity index (χ2n) is 8.52. The Balaban J connectivity index is 1.60. The van der Waals surface area contributed by atoms with Gasteiger partial charge < -0.3 is 10.6 Å². The van der Waals surface area contributed by atoms with Crippen LogP contribution in [0, 0.1) is 17.8 Å². The number of halogens is 3. The largest absolute Gasteiger partial charge is 0.416 e. The Bertz CT molecular complexity index is 692. The average Bonchev–Trinajstić information content (AvgIpc) is 3.16. The number of rotatable bonds is 6. The van der Waals surface area contributed by atoms with Crippen molar-refractivity contribution in [1.82, 2.24) is 15.5 Å². The molecule has 7 heteroatoms. The second-order valence-corrected chi connectivity index (χ2v) is 8.52. The van der Waals surface area contributed by atoms with E-state index in [0.29, 0.717) is 23.9 Å². The Morgan fingerprint density at radius 3 is 2.64 bits per heavy atom. The van der Waals surface area contributed by atoms with Gasteiger partial charge in [0, 0.05) is 25.7 Å². The van der Waals surface area contributed by atoms with Crippen molar-refractivity contribution in [3.05, 3.63) is 35.4 Å². The standard InChI is InChI=1S/C21H30F3N3O/c1-13(2)19(25-3)20(28)26-18-8-7-15-11-27(12-17(15)18)10-14-5-4-6-16(9-14)21(22,23)24/h4-6,9,13,15,17-19,25H,7-8,10-12H2,1-3H3,(H,26,28)/t15-,17?,18?,19?/m0/s1. The number of nitrogens with one attached hydrogen (secondary N) is 2. The van der Waals surface area contributed by atoms with Gasteiger partial charge in [-0.2, -0.15) is 13.2 Å². The molecule has 1 saturated heterocycles. The fourth-order valence-corrected chi connectivity index (χ4v) is 4.81. The van der Waals surface area contributed by atoms with E-state index >= 15 is 0 Å². The highest BCUT2D eigenvalue weighted by atomic mass is 19.4. The van der Waals surface area contributed by atoms with Crippen LogP contribution in [0.5, 0.6) is 0 Å². The number of alkyl halides is 3. The summed E-state index contributed by atoms with van der Waals surface area (Å²) in [5.74, 6) is 1.13. The maximum absolute atomic E-state index is 12.9. The molecule has 1 heterocycles. The number of hydrogen-bond acceptors (Lipinski definition) is 3. The number of benzene rings is 1. The number of carbonyl (C=O) groups excluding carboxylic acids is 1. The third-order valence-corrected chi connectivity index (χ3v) is 6.18. The minimum atomic E-state index is -4.31. The highest BCUT2D eigenvalue weighted by molar-refractivity contribution is 5.82. The summed E-state index contributed by atoms with van der Waals surface area (Å²) in [5.41, 5.74) is 0.0896. The monoisotopic (exact) mass is 397 g/mol. The molecule has 28 heavy (non-hydrogen) atoms. The third-order valence-electron chi connectivity index (χ3n) is 6.18. The van der Waals surface area contributed by atoms with Crippen LogP contribution in [0.2, 0.25) is 0 Å². The molecule has 4 nitrogen and oxygen atoms in total. The minimum absolute atomic E-state index is 0.0412. The lowest BCUT2D eigenvalue weighted by Gasteiger charge is -2.26. The number of fused-ring (bicyclic) bond motifs is 1. The SMILES string of the molecule is CNC(C(=O)NC1CC[C@H]2CN(Cc3cccc(C(F)(F)F)c3)CC12)C(C)C. The number of carbonyl (C=O) groups is 1. The minimum Gasteiger partial charge on any atom is -0.352 e. The Morgan fingerprint density at radius 1 is 1.25 bits per heavy atom. The molecule has 2 fully saturated rings. The molecule has 2 N–H and O–H groups in total. The molecular formula is C21H30F3N3O. The lowest BCUT2D eigenvalue weighted by Crippen LogP contribution is -2.50. The van der Waals surface area contributed by atoms with Crippen LogP contribution in [0.3, 0.4) is 0 Å². The van der Waals surface area contributed by atoms with E-state index in [-0.39, 0.29) is 23.9 Å². The summed E-state index contributed by atoms with van der Waals surface area (Å²) >= 11 is 0. The molecule has 2 aliphatic rings. The topological polar surface area (TPSA) is 44.4 Å². The van der Waals surface area contributed by atoms with Gasteiger partial charge in [-0.15, -0.1) is 0 Å². The number of hydrogen-bond donors (Lipinski definition) is 2. The molecule has 4 atom stereocenters. The maximum Gasteiger partial charge on any atom is 0.416 e. The van der Waals surface area contributed by atoms with Gasteiger partial charge in [-0.3, -0.25) is 9.69 Å². The van der Waals surface area contributed by atoms with Crippen LogP contribution in [0.25, 0.3) is 0 Å². The van der Waals surface area contributed by atoms with Gasteiger partial charge in [0.25, 0.3) is 0 Å². The predicted molar refractivity (Wildman–Crippen MR) is 103 cm³/mol. The first-order valence-electron chi connectivity index (χ1n) is 10.0. The van der Waals surface area contributed by atoms with Gasteiger partial charge in [-0.1, -0.05) is 32.0 Å². The molecule has 3 rings (SSSR count). The third kappa shape index (κ3) is 4.69. The first-order valence-corrected chi connectivity index (χ1v) is 10.0. The smallest absolute Gasteiger partial charge is 0.352 e. The molecule has 156 valence electrons. The van der Waals surface area contributed by atoms with Gasteiger partial charge in [-0.25, -0.2) is 0 Å². The summed E-state index contributed by atoms with van der Waals surface area (Å²) in [6.45, 7) is 6.25. The molecule has 1 aliphatic heterocycles. The zero-order valence-corrected chi connectivity index (χ0v) is 16.7. The van der Waals surface area contributed by atoms with E-state index in [1.807, 2.05) is 13.8 Å². The van der Waals surface area contributed by atoms with Crippen molar-refractivity contribution in [2.24, 2.45) is 17.8 Å². The number of amides is 1. The van der Waals surface area contributed by atoms with Gasteiger partial charge in [0.15, 0.2) is 0 Å². The van der Waals surface area contributed by atoms with E-state index in [0.717, 1.165) is 32.0 Å². The van der Waals surface area contributed by atoms with Gasteiger partial charge in [-0.05, 0) is 49.3 Å². The predicted octanol–water partition coefficient (Wildman–Crippen LogP) is 3.28. The summed E-state index contributed by atoms with van der Waals surface area (Å²) in [6.07, 6.45) is -2.28. The van der Waals surface area contributed by atoms with Crippen LogP contribution in [-0.2, 0) is 17.5 Å². The van der Waals surface area contributed by atoms with E-state index in [1.165, 1.54) is 12.1 Å². The van der Waals surface area contributed by atoms with Crippen molar-refractivity contribution in [3.63, 3.8) is 0 Å². The zero-order valence-electron chi connectivity index (χ0n) is 16.7. The Kier molecular flexibility index (Phi) is 6.34. The molecule has 1 aromatic carbocycles. The highest BCUT2D eigenvalue weighted by Crippen LogP contribution is 2.39. The lowest BCUT2D eigenvalue weighted by molar-refractivity contribution is -0.137. The van der Waals surface area contributed by atoms with Crippen molar-refractivity contribution in [3.8, 4) is 0 Å². The number of likely N-dealkylation sites (tertiary alicyclic amines) is 1. The van der Waals surface area contributed by atoms with Crippen LogP contribution >= 0.6 is 0 Å². The highest BCUT2D eigenvalue weighted by Gasteiger charge is 2.43. The van der Waals surface area contributed by atoms with Crippen LogP contribution < -0.4 is 10.6 Å². The van der Waals surface area contributed by atoms with Gasteiger partial charge in [0.1, 0.15) is 0 Å². The van der Waals surface area contributed by atoms with E-state index in [2.05, 4.69) is 15.5 Å². The van der Waals surface area contributed by atoms with Crippen molar-refractivity contribution in [2.75, 3.05) is 20.1 Å². The molecule has 3 unspecified atom stereocenters. The Labute approximate surface area is 164 Å². The summed E-state index contributed by atoms with van der Waals surface area (Å²) in [4.78, 5) is 14.8. The number of likely N-dealkylation sites (N-methyl/N-ethyl adjacent to an activating group) is 1. The number of nitrogens with zero attached hydrogens (tertiary/aromatic N) is 1. The molecule has 0 bridgehead atoms. The quantitative estimate of drug-likeness (QED) is 0.774. The first-order chi connectivity index (χ1) is 13.2. The van der Waals surface area contributed by atoms with Crippen LogP contribution in [0.1, 0.15) is 37.8 Å². The van der Waals surface area contributed by atoms with E-state index < -0.39 is 11.7 Å². The van der Waals surface area contributed by atoms with Crippen molar-refractivity contribution in [2.45, 2.75) is 51.5 Å². The lowest BCUT2D eigenvalue weighted by atomic mass is 9.97. The molecular weight excluding hydrogens is 367 g/mol. The van der Waals surface area contributed by atoms with Gasteiger partial charge >= 0.3 is 6.18 Å². The molecule has 1 amide bonds. The molecule has 1 aliphatic carbocycles. The fraction of sp³-hybridized carbons (Fsp3) is 0.667. The molecule has 0 radical (unpaired) electrons. The first kappa shape index (κ1) is 21.1. The van der Waals surface area contributed by atoms with E-state index in [9.17, 15) is 18.0 Å². The fourth-order valence-electron chi connectivity index (χ4n) is 4.81. The van der Waals surface area contributed by atoms with Gasteiger partial charge in [0.2, 0.25) is 5.91 Å². The van der Waals surface area contributed by atoms with Gasteiger partial charge in [0.05, 0.1) is 11.6 Å². The summed E-state index contributed by atoms with van der Waals surface area (Å²) in [5, 5.41) is 6.30. The van der Waals surface area contributed by atoms with Crippen molar-refractivity contribution < 1.29 is 18.0 Å². The van der Waals surface area contributed by atoms with Crippen LogP contribution in [0.15, 0.2) is 24.3 Å². The van der Waals surface area contributed by atoms with E-state index in [4.69, 9.17) is 0 Å². The molecule has 0 spiro atoms. The summed E-state index contributed by atoms with van der Waals surface area (Å²) in [7, 11) is 1.80. The van der Waals surface area contributed by atoms with E-state index in [1.54, 1.807) is 13.1 Å². The zero-order chi connectivity index (χ0) is 20.5. The molecule has 0 aromatic heterocycles. The molecule has 1 saturated carbocycles.